The lowest BCUT2D eigenvalue weighted by Crippen LogP contribution is -2.44. The second kappa shape index (κ2) is 5.45. The monoisotopic (exact) mass is 248 g/mol. The predicted octanol–water partition coefficient (Wildman–Crippen LogP) is 5.49. The van der Waals surface area contributed by atoms with Crippen LogP contribution in [0.2, 0.25) is 0 Å². The summed E-state index contributed by atoms with van der Waals surface area (Å²) in [6, 6.07) is 0. The molecule has 1 aliphatic carbocycles. The zero-order chi connectivity index (χ0) is 13.1. The molecule has 0 spiro atoms. The summed E-state index contributed by atoms with van der Waals surface area (Å²) in [5.41, 5.74) is -0.399. The van der Waals surface area contributed by atoms with Crippen molar-refractivity contribution in [1.82, 2.24) is 0 Å². The number of hydrogen-bond acceptors (Lipinski definition) is 0. The van der Waals surface area contributed by atoms with Gasteiger partial charge in [-0.3, -0.25) is 0 Å². The smallest absolute Gasteiger partial charge is 0.170 e. The molecule has 1 unspecified atom stereocenters. The highest BCUT2D eigenvalue weighted by Crippen LogP contribution is 2.57. The molecular weight excluding hydrogens is 225 g/mol. The van der Waals surface area contributed by atoms with E-state index in [1.165, 1.54) is 0 Å². The fraction of sp³-hybridized carbons (Fsp3) is 0.857. The minimum Gasteiger partial charge on any atom is -0.170 e. The molecule has 3 heteroatoms. The van der Waals surface area contributed by atoms with Gasteiger partial charge in [-0.2, -0.15) is 13.2 Å². The first kappa shape index (κ1) is 14.6. The van der Waals surface area contributed by atoms with Gasteiger partial charge in [0, 0.05) is 0 Å². The summed E-state index contributed by atoms with van der Waals surface area (Å²) in [7, 11) is 0. The third-order valence-corrected chi connectivity index (χ3v) is 4.17. The molecule has 0 aromatic heterocycles. The normalized spacial score (nSPS) is 22.1. The van der Waals surface area contributed by atoms with Crippen molar-refractivity contribution in [3.8, 4) is 0 Å². The van der Waals surface area contributed by atoms with Gasteiger partial charge in [-0.05, 0) is 38.0 Å². The minimum atomic E-state index is -4.04. The predicted molar refractivity (Wildman–Crippen MR) is 64.8 cm³/mol. The molecule has 0 amide bonds. The molecule has 0 aromatic carbocycles. The average Bonchev–Trinajstić information content (AvgIpc) is 2.18. The summed E-state index contributed by atoms with van der Waals surface area (Å²) in [5.74, 6) is 0.273. The van der Waals surface area contributed by atoms with E-state index < -0.39 is 11.6 Å². The Labute approximate surface area is 102 Å². The first-order chi connectivity index (χ1) is 7.86. The maximum atomic E-state index is 13.1. The van der Waals surface area contributed by atoms with E-state index in [0.717, 1.165) is 24.8 Å². The van der Waals surface area contributed by atoms with Crippen LogP contribution < -0.4 is 0 Å². The van der Waals surface area contributed by atoms with E-state index in [1.807, 2.05) is 26.8 Å². The maximum absolute atomic E-state index is 13.1. The molecule has 0 N–H and O–H groups in total. The van der Waals surface area contributed by atoms with Gasteiger partial charge in [-0.25, -0.2) is 0 Å². The molecule has 1 rings (SSSR count). The highest BCUT2D eigenvalue weighted by atomic mass is 19.4. The Morgan fingerprint density at radius 1 is 1.29 bits per heavy atom. The third-order valence-electron chi connectivity index (χ3n) is 4.17. The highest BCUT2D eigenvalue weighted by Gasteiger charge is 2.58. The van der Waals surface area contributed by atoms with Crippen molar-refractivity contribution in [2.24, 2.45) is 11.3 Å². The van der Waals surface area contributed by atoms with Crippen LogP contribution in [0.1, 0.15) is 59.3 Å². The lowest BCUT2D eigenvalue weighted by atomic mass is 9.63. The van der Waals surface area contributed by atoms with Gasteiger partial charge in [-0.1, -0.05) is 38.8 Å². The van der Waals surface area contributed by atoms with Gasteiger partial charge in [0.25, 0.3) is 0 Å². The van der Waals surface area contributed by atoms with Crippen molar-refractivity contribution in [2.75, 3.05) is 0 Å². The number of allylic oxidation sites excluding steroid dienone is 2. The van der Waals surface area contributed by atoms with E-state index in [9.17, 15) is 13.2 Å². The van der Waals surface area contributed by atoms with Crippen LogP contribution in [-0.2, 0) is 0 Å². The zero-order valence-corrected chi connectivity index (χ0v) is 11.0. The molecule has 0 bridgehead atoms. The van der Waals surface area contributed by atoms with E-state index in [1.54, 1.807) is 0 Å². The quantitative estimate of drug-likeness (QED) is 0.564. The third kappa shape index (κ3) is 3.05. The SMILES string of the molecule is CC/C=C(/CC1(C(F)(F)F)CCC1)C(C)CC. The van der Waals surface area contributed by atoms with Gasteiger partial charge >= 0.3 is 6.18 Å². The highest BCUT2D eigenvalue weighted by molar-refractivity contribution is 5.12. The second-order valence-corrected chi connectivity index (χ2v) is 5.31. The van der Waals surface area contributed by atoms with Crippen molar-refractivity contribution in [2.45, 2.75) is 65.5 Å². The number of rotatable bonds is 5. The van der Waals surface area contributed by atoms with E-state index in [0.29, 0.717) is 12.8 Å². The van der Waals surface area contributed by atoms with Crippen LogP contribution in [-0.4, -0.2) is 6.18 Å². The summed E-state index contributed by atoms with van der Waals surface area (Å²) in [5, 5.41) is 0. The summed E-state index contributed by atoms with van der Waals surface area (Å²) in [6.45, 7) is 6.06. The summed E-state index contributed by atoms with van der Waals surface area (Å²) >= 11 is 0. The Kier molecular flexibility index (Phi) is 4.68. The molecule has 0 heterocycles. The minimum absolute atomic E-state index is 0.222. The molecule has 0 aromatic rings. The molecule has 0 nitrogen and oxygen atoms in total. The first-order valence-corrected chi connectivity index (χ1v) is 6.62. The molecule has 100 valence electrons. The lowest BCUT2D eigenvalue weighted by molar-refractivity contribution is -0.250. The average molecular weight is 248 g/mol. The van der Waals surface area contributed by atoms with E-state index in [-0.39, 0.29) is 12.3 Å². The van der Waals surface area contributed by atoms with Crippen molar-refractivity contribution in [3.63, 3.8) is 0 Å². The summed E-state index contributed by atoms with van der Waals surface area (Å²) in [4.78, 5) is 0. The molecule has 1 aliphatic rings. The van der Waals surface area contributed by atoms with Crippen LogP contribution in [0.4, 0.5) is 13.2 Å². The molecule has 17 heavy (non-hydrogen) atoms. The molecule has 1 saturated carbocycles. The standard InChI is InChI=1S/C14H23F3/c1-4-7-12(11(3)5-2)10-13(8-6-9-13)14(15,16)17/h7,11H,4-6,8-10H2,1-3H3/b12-7-. The molecule has 1 atom stereocenters. The van der Waals surface area contributed by atoms with Gasteiger partial charge in [-0.15, -0.1) is 0 Å². The van der Waals surface area contributed by atoms with Crippen molar-refractivity contribution >= 4 is 0 Å². The number of hydrogen-bond donors (Lipinski definition) is 0. The summed E-state index contributed by atoms with van der Waals surface area (Å²) < 4.78 is 39.3. The second-order valence-electron chi connectivity index (χ2n) is 5.31. The Balaban J connectivity index is 2.82. The van der Waals surface area contributed by atoms with Gasteiger partial charge in [0.15, 0.2) is 0 Å². The fourth-order valence-electron chi connectivity index (χ4n) is 2.53. The van der Waals surface area contributed by atoms with Crippen LogP contribution in [0.5, 0.6) is 0 Å². The Hall–Kier alpha value is -0.470. The molecule has 1 fully saturated rings. The first-order valence-electron chi connectivity index (χ1n) is 6.62. The Bertz CT molecular complexity index is 272. The van der Waals surface area contributed by atoms with E-state index >= 15 is 0 Å². The summed E-state index contributed by atoms with van der Waals surface area (Å²) in [6.07, 6.45) is 1.28. The Morgan fingerprint density at radius 3 is 2.18 bits per heavy atom. The number of halogens is 3. The van der Waals surface area contributed by atoms with Crippen LogP contribution in [0.25, 0.3) is 0 Å². The van der Waals surface area contributed by atoms with E-state index in [4.69, 9.17) is 0 Å². The largest absolute Gasteiger partial charge is 0.394 e. The molecular formula is C14H23F3. The number of alkyl halides is 3. The molecule has 0 saturated heterocycles. The van der Waals surface area contributed by atoms with Gasteiger partial charge < -0.3 is 0 Å². The van der Waals surface area contributed by atoms with Crippen molar-refractivity contribution in [1.29, 1.82) is 0 Å². The van der Waals surface area contributed by atoms with Crippen LogP contribution >= 0.6 is 0 Å². The Morgan fingerprint density at radius 2 is 1.88 bits per heavy atom. The molecule has 0 aliphatic heterocycles. The zero-order valence-electron chi connectivity index (χ0n) is 11.0. The van der Waals surface area contributed by atoms with Gasteiger partial charge in [0.1, 0.15) is 0 Å². The van der Waals surface area contributed by atoms with E-state index in [2.05, 4.69) is 0 Å². The van der Waals surface area contributed by atoms with Crippen molar-refractivity contribution < 1.29 is 13.2 Å². The lowest BCUT2D eigenvalue weighted by Gasteiger charge is -2.44. The fourth-order valence-corrected chi connectivity index (χ4v) is 2.53. The topological polar surface area (TPSA) is 0 Å². The molecule has 0 radical (unpaired) electrons. The van der Waals surface area contributed by atoms with Crippen LogP contribution in [0, 0.1) is 11.3 Å². The van der Waals surface area contributed by atoms with Gasteiger partial charge in [0.05, 0.1) is 5.41 Å². The van der Waals surface area contributed by atoms with Crippen LogP contribution in [0.15, 0.2) is 11.6 Å². The maximum Gasteiger partial charge on any atom is 0.394 e. The van der Waals surface area contributed by atoms with Crippen LogP contribution in [0.3, 0.4) is 0 Å². The van der Waals surface area contributed by atoms with Gasteiger partial charge in [0.2, 0.25) is 0 Å². The van der Waals surface area contributed by atoms with Crippen molar-refractivity contribution in [3.05, 3.63) is 11.6 Å².